The summed E-state index contributed by atoms with van der Waals surface area (Å²) in [7, 11) is 0. The van der Waals surface area contributed by atoms with E-state index < -0.39 is 0 Å². The van der Waals surface area contributed by atoms with Crippen LogP contribution in [0.2, 0.25) is 0 Å². The number of hydrogen-bond acceptors (Lipinski definition) is 2. The van der Waals surface area contributed by atoms with Crippen LogP contribution in [-0.4, -0.2) is 12.6 Å². The highest BCUT2D eigenvalue weighted by Gasteiger charge is 1.96. The summed E-state index contributed by atoms with van der Waals surface area (Å²) in [6.07, 6.45) is 6.08. The van der Waals surface area contributed by atoms with Gasteiger partial charge in [-0.3, -0.25) is 4.79 Å². The van der Waals surface area contributed by atoms with Gasteiger partial charge in [-0.25, -0.2) is 0 Å². The number of unbranched alkanes of at least 4 members (excludes halogenated alkanes) is 1. The van der Waals surface area contributed by atoms with Crippen LogP contribution in [0.25, 0.3) is 0 Å². The maximum absolute atomic E-state index is 10.8. The molecular formula is C9H16O2. The minimum Gasteiger partial charge on any atom is -0.465 e. The van der Waals surface area contributed by atoms with Crippen molar-refractivity contribution in [1.82, 2.24) is 0 Å². The van der Waals surface area contributed by atoms with Crippen LogP contribution in [0.4, 0.5) is 0 Å². The van der Waals surface area contributed by atoms with Crippen molar-refractivity contribution in [2.75, 3.05) is 6.61 Å². The van der Waals surface area contributed by atoms with Gasteiger partial charge in [0.1, 0.15) is 0 Å². The molecule has 0 atom stereocenters. The Bertz CT molecular complexity index is 128. The maximum Gasteiger partial charge on any atom is 0.309 e. The summed E-state index contributed by atoms with van der Waals surface area (Å²) in [4.78, 5) is 10.8. The average molecular weight is 156 g/mol. The Labute approximate surface area is 68.2 Å². The molecule has 0 rings (SSSR count). The molecule has 64 valence electrons. The molecule has 2 nitrogen and oxygen atoms in total. The molecule has 0 radical (unpaired) electrons. The third-order valence-electron chi connectivity index (χ3n) is 1.28. The Morgan fingerprint density at radius 3 is 2.82 bits per heavy atom. The first-order chi connectivity index (χ1) is 5.31. The molecule has 0 aliphatic heterocycles. The number of esters is 1. The van der Waals surface area contributed by atoms with E-state index in [-0.39, 0.29) is 5.97 Å². The highest BCUT2D eigenvalue weighted by Crippen LogP contribution is 1.92. The molecule has 0 unspecified atom stereocenters. The Balaban J connectivity index is 3.23. The Kier molecular flexibility index (Phi) is 6.79. The quantitative estimate of drug-likeness (QED) is 0.347. The van der Waals surface area contributed by atoms with Gasteiger partial charge in [0.15, 0.2) is 0 Å². The topological polar surface area (TPSA) is 26.3 Å². The SMILES string of the molecule is CC=CCC(=O)OCCCC. The van der Waals surface area contributed by atoms with Gasteiger partial charge in [0, 0.05) is 0 Å². The van der Waals surface area contributed by atoms with E-state index in [1.165, 1.54) is 0 Å². The van der Waals surface area contributed by atoms with Gasteiger partial charge in [-0.1, -0.05) is 25.5 Å². The number of rotatable bonds is 5. The Morgan fingerprint density at radius 1 is 1.55 bits per heavy atom. The molecule has 0 aromatic rings. The highest BCUT2D eigenvalue weighted by molar-refractivity contribution is 5.71. The second-order valence-electron chi connectivity index (χ2n) is 2.35. The van der Waals surface area contributed by atoms with Crippen molar-refractivity contribution in [2.45, 2.75) is 33.1 Å². The lowest BCUT2D eigenvalue weighted by molar-refractivity contribution is -0.142. The standard InChI is InChI=1S/C9H16O2/c1-3-5-7-9(10)11-8-6-4-2/h3,5H,4,6-8H2,1-2H3. The van der Waals surface area contributed by atoms with Crippen molar-refractivity contribution in [1.29, 1.82) is 0 Å². The molecule has 0 fully saturated rings. The van der Waals surface area contributed by atoms with Crippen molar-refractivity contribution in [3.8, 4) is 0 Å². The molecule has 0 aromatic heterocycles. The van der Waals surface area contributed by atoms with Crippen molar-refractivity contribution < 1.29 is 9.53 Å². The van der Waals surface area contributed by atoms with Crippen LogP contribution < -0.4 is 0 Å². The number of ether oxygens (including phenoxy) is 1. The van der Waals surface area contributed by atoms with E-state index in [0.29, 0.717) is 13.0 Å². The highest BCUT2D eigenvalue weighted by atomic mass is 16.5. The monoisotopic (exact) mass is 156 g/mol. The van der Waals surface area contributed by atoms with Crippen LogP contribution >= 0.6 is 0 Å². The number of carbonyl (C=O) groups excluding carboxylic acids is 1. The third-order valence-corrected chi connectivity index (χ3v) is 1.28. The normalized spacial score (nSPS) is 10.4. The largest absolute Gasteiger partial charge is 0.465 e. The van der Waals surface area contributed by atoms with Gasteiger partial charge in [0.05, 0.1) is 13.0 Å². The molecule has 0 heterocycles. The predicted octanol–water partition coefficient (Wildman–Crippen LogP) is 2.30. The molecular weight excluding hydrogens is 140 g/mol. The summed E-state index contributed by atoms with van der Waals surface area (Å²) in [6.45, 7) is 4.52. The van der Waals surface area contributed by atoms with E-state index >= 15 is 0 Å². The lowest BCUT2D eigenvalue weighted by Gasteiger charge is -1.99. The van der Waals surface area contributed by atoms with E-state index in [2.05, 4.69) is 6.92 Å². The fourth-order valence-electron chi connectivity index (χ4n) is 0.603. The number of hydrogen-bond donors (Lipinski definition) is 0. The van der Waals surface area contributed by atoms with E-state index in [4.69, 9.17) is 4.74 Å². The van der Waals surface area contributed by atoms with Gasteiger partial charge in [0.2, 0.25) is 0 Å². The van der Waals surface area contributed by atoms with Crippen LogP contribution in [0, 0.1) is 0 Å². The second kappa shape index (κ2) is 7.32. The second-order valence-corrected chi connectivity index (χ2v) is 2.35. The lowest BCUT2D eigenvalue weighted by Crippen LogP contribution is -2.03. The zero-order chi connectivity index (χ0) is 8.53. The third kappa shape index (κ3) is 7.10. The van der Waals surface area contributed by atoms with Gasteiger partial charge in [-0.2, -0.15) is 0 Å². The smallest absolute Gasteiger partial charge is 0.309 e. The van der Waals surface area contributed by atoms with Crippen molar-refractivity contribution in [3.63, 3.8) is 0 Å². The molecule has 0 saturated carbocycles. The van der Waals surface area contributed by atoms with Gasteiger partial charge < -0.3 is 4.74 Å². The van der Waals surface area contributed by atoms with Crippen molar-refractivity contribution >= 4 is 5.97 Å². The first kappa shape index (κ1) is 10.2. The van der Waals surface area contributed by atoms with E-state index in [9.17, 15) is 4.79 Å². The lowest BCUT2D eigenvalue weighted by atomic mass is 10.3. The van der Waals surface area contributed by atoms with Crippen molar-refractivity contribution in [3.05, 3.63) is 12.2 Å². The minimum absolute atomic E-state index is 0.128. The molecule has 11 heavy (non-hydrogen) atoms. The van der Waals surface area contributed by atoms with Crippen LogP contribution in [0.3, 0.4) is 0 Å². The molecule has 2 heteroatoms. The van der Waals surface area contributed by atoms with E-state index in [1.807, 2.05) is 13.0 Å². The Morgan fingerprint density at radius 2 is 2.27 bits per heavy atom. The zero-order valence-electron chi connectivity index (χ0n) is 7.30. The van der Waals surface area contributed by atoms with E-state index in [0.717, 1.165) is 12.8 Å². The zero-order valence-corrected chi connectivity index (χ0v) is 7.30. The molecule has 0 spiro atoms. The molecule has 0 amide bonds. The number of allylic oxidation sites excluding steroid dienone is 1. The van der Waals surface area contributed by atoms with Crippen LogP contribution in [-0.2, 0) is 9.53 Å². The first-order valence-electron chi connectivity index (χ1n) is 4.08. The van der Waals surface area contributed by atoms with Gasteiger partial charge in [-0.05, 0) is 13.3 Å². The molecule has 0 aliphatic carbocycles. The summed E-state index contributed by atoms with van der Waals surface area (Å²) in [6, 6.07) is 0. The number of carbonyl (C=O) groups is 1. The van der Waals surface area contributed by atoms with Gasteiger partial charge in [0.25, 0.3) is 0 Å². The van der Waals surface area contributed by atoms with E-state index in [1.54, 1.807) is 6.08 Å². The fourth-order valence-corrected chi connectivity index (χ4v) is 0.603. The summed E-state index contributed by atoms with van der Waals surface area (Å²) in [5.41, 5.74) is 0. The summed E-state index contributed by atoms with van der Waals surface area (Å²) in [5, 5.41) is 0. The van der Waals surface area contributed by atoms with Crippen LogP contribution in [0.1, 0.15) is 33.1 Å². The molecule has 0 aliphatic rings. The van der Waals surface area contributed by atoms with Crippen LogP contribution in [0.15, 0.2) is 12.2 Å². The molecule has 0 bridgehead atoms. The summed E-state index contributed by atoms with van der Waals surface area (Å²) < 4.78 is 4.89. The molecule has 0 N–H and O–H groups in total. The fraction of sp³-hybridized carbons (Fsp3) is 0.667. The molecule has 0 aromatic carbocycles. The van der Waals surface area contributed by atoms with Gasteiger partial charge >= 0.3 is 5.97 Å². The predicted molar refractivity (Wildman–Crippen MR) is 45.3 cm³/mol. The summed E-state index contributed by atoms with van der Waals surface area (Å²) >= 11 is 0. The first-order valence-corrected chi connectivity index (χ1v) is 4.08. The maximum atomic E-state index is 10.8. The summed E-state index contributed by atoms with van der Waals surface area (Å²) in [5.74, 6) is -0.128. The van der Waals surface area contributed by atoms with Gasteiger partial charge in [-0.15, -0.1) is 0 Å². The average Bonchev–Trinajstić information content (AvgIpc) is 2.01. The van der Waals surface area contributed by atoms with Crippen LogP contribution in [0.5, 0.6) is 0 Å². The molecule has 0 saturated heterocycles. The van der Waals surface area contributed by atoms with Crippen molar-refractivity contribution in [2.24, 2.45) is 0 Å². The minimum atomic E-state index is -0.128. The Hall–Kier alpha value is -0.790.